The van der Waals surface area contributed by atoms with Gasteiger partial charge in [-0.1, -0.05) is 30.8 Å². The fraction of sp³-hybridized carbons (Fsp3) is 0.231. The summed E-state index contributed by atoms with van der Waals surface area (Å²) in [7, 11) is 0. The molecule has 3 aliphatic rings. The van der Waals surface area contributed by atoms with Gasteiger partial charge in [0.25, 0.3) is 0 Å². The molecular weight excluding hydrogens is 420 g/mol. The number of halogens is 2. The summed E-state index contributed by atoms with van der Waals surface area (Å²) in [5.41, 5.74) is 4.80. The van der Waals surface area contributed by atoms with Crippen LogP contribution in [0.2, 0.25) is 0 Å². The number of benzene rings is 2. The highest BCUT2D eigenvalue weighted by molar-refractivity contribution is 5.88. The van der Waals surface area contributed by atoms with Crippen molar-refractivity contribution in [3.63, 3.8) is 0 Å². The fourth-order valence-electron chi connectivity index (χ4n) is 5.87. The SMILES string of the molecule is C=C1c2ccccc2CN1c1cnn2ccc(N3CC[C@H]4C[C@]43c3cc(F)ccc3F)nc12. The highest BCUT2D eigenvalue weighted by atomic mass is 19.1. The molecule has 2 fully saturated rings. The Morgan fingerprint density at radius 1 is 1.09 bits per heavy atom. The lowest BCUT2D eigenvalue weighted by Crippen LogP contribution is -2.34. The quantitative estimate of drug-likeness (QED) is 0.442. The lowest BCUT2D eigenvalue weighted by Gasteiger charge is -2.30. The van der Waals surface area contributed by atoms with Crippen molar-refractivity contribution in [3.05, 3.63) is 95.8 Å². The van der Waals surface area contributed by atoms with Crippen LogP contribution in [-0.2, 0) is 12.1 Å². The maximum absolute atomic E-state index is 14.8. The molecule has 0 amide bonds. The predicted molar refractivity (Wildman–Crippen MR) is 123 cm³/mol. The van der Waals surface area contributed by atoms with E-state index in [9.17, 15) is 8.78 Å². The first-order chi connectivity index (χ1) is 16.1. The van der Waals surface area contributed by atoms with Gasteiger partial charge in [0.1, 0.15) is 23.1 Å². The molecule has 164 valence electrons. The smallest absolute Gasteiger partial charge is 0.181 e. The van der Waals surface area contributed by atoms with Crippen LogP contribution in [0.25, 0.3) is 11.3 Å². The molecule has 4 aromatic rings. The van der Waals surface area contributed by atoms with Gasteiger partial charge in [0.2, 0.25) is 0 Å². The molecular formula is C26H21F2N5. The molecule has 7 rings (SSSR count). The number of fused-ring (bicyclic) bond motifs is 3. The number of anilines is 2. The Labute approximate surface area is 189 Å². The Bertz CT molecular complexity index is 1460. The first-order valence-electron chi connectivity index (χ1n) is 11.2. The van der Waals surface area contributed by atoms with E-state index in [0.29, 0.717) is 18.0 Å². The van der Waals surface area contributed by atoms with Crippen LogP contribution >= 0.6 is 0 Å². The van der Waals surface area contributed by atoms with E-state index in [1.54, 1.807) is 4.52 Å². The second kappa shape index (κ2) is 6.41. The van der Waals surface area contributed by atoms with Gasteiger partial charge in [-0.2, -0.15) is 5.10 Å². The third kappa shape index (κ3) is 2.50. The van der Waals surface area contributed by atoms with Gasteiger partial charge < -0.3 is 9.80 Å². The van der Waals surface area contributed by atoms with Crippen molar-refractivity contribution in [1.82, 2.24) is 14.6 Å². The Kier molecular flexibility index (Phi) is 3.65. The van der Waals surface area contributed by atoms with Gasteiger partial charge >= 0.3 is 0 Å². The molecule has 1 saturated heterocycles. The summed E-state index contributed by atoms with van der Waals surface area (Å²) in [6.07, 6.45) is 5.45. The maximum Gasteiger partial charge on any atom is 0.181 e. The lowest BCUT2D eigenvalue weighted by atomic mass is 10.0. The third-order valence-corrected chi connectivity index (χ3v) is 7.54. The van der Waals surface area contributed by atoms with E-state index in [4.69, 9.17) is 4.98 Å². The van der Waals surface area contributed by atoms with E-state index in [2.05, 4.69) is 33.6 Å². The van der Waals surface area contributed by atoms with Crippen LogP contribution in [-0.4, -0.2) is 21.1 Å². The summed E-state index contributed by atoms with van der Waals surface area (Å²) in [6, 6.07) is 13.9. The van der Waals surface area contributed by atoms with Crippen molar-refractivity contribution in [2.24, 2.45) is 5.92 Å². The van der Waals surface area contributed by atoms with Gasteiger partial charge in [-0.25, -0.2) is 18.3 Å². The fourth-order valence-corrected chi connectivity index (χ4v) is 5.87. The van der Waals surface area contributed by atoms with Crippen LogP contribution in [0, 0.1) is 17.6 Å². The first kappa shape index (κ1) is 18.8. The summed E-state index contributed by atoms with van der Waals surface area (Å²) < 4.78 is 30.6. The van der Waals surface area contributed by atoms with E-state index in [-0.39, 0.29) is 5.82 Å². The Hall–Kier alpha value is -3.74. The number of rotatable bonds is 3. The van der Waals surface area contributed by atoms with Crippen molar-refractivity contribution in [2.45, 2.75) is 24.9 Å². The average molecular weight is 441 g/mol. The maximum atomic E-state index is 14.8. The molecule has 2 atom stereocenters. The van der Waals surface area contributed by atoms with E-state index in [1.807, 2.05) is 30.6 Å². The van der Waals surface area contributed by atoms with Crippen LogP contribution in [0.1, 0.15) is 29.5 Å². The summed E-state index contributed by atoms with van der Waals surface area (Å²) in [5, 5.41) is 4.50. The third-order valence-electron chi connectivity index (χ3n) is 7.54. The number of hydrogen-bond donors (Lipinski definition) is 0. The molecule has 2 aliphatic heterocycles. The van der Waals surface area contributed by atoms with Crippen molar-refractivity contribution in [3.8, 4) is 0 Å². The zero-order valence-corrected chi connectivity index (χ0v) is 17.9. The van der Waals surface area contributed by atoms with Gasteiger partial charge in [0.15, 0.2) is 5.65 Å². The van der Waals surface area contributed by atoms with Crippen LogP contribution in [0.4, 0.5) is 20.3 Å². The van der Waals surface area contributed by atoms with Crippen molar-refractivity contribution < 1.29 is 8.78 Å². The first-order valence-corrected chi connectivity index (χ1v) is 11.2. The Balaban J connectivity index is 1.31. The van der Waals surface area contributed by atoms with Crippen LogP contribution in [0.3, 0.4) is 0 Å². The van der Waals surface area contributed by atoms with Gasteiger partial charge in [-0.05, 0) is 48.6 Å². The summed E-state index contributed by atoms with van der Waals surface area (Å²) in [5.74, 6) is 0.300. The van der Waals surface area contributed by atoms with Gasteiger partial charge in [-0.15, -0.1) is 0 Å². The lowest BCUT2D eigenvalue weighted by molar-refractivity contribution is 0.544. The minimum atomic E-state index is -0.523. The van der Waals surface area contributed by atoms with Crippen LogP contribution in [0.15, 0.2) is 67.5 Å². The summed E-state index contributed by atoms with van der Waals surface area (Å²) >= 11 is 0. The number of nitrogens with zero attached hydrogens (tertiary/aromatic N) is 5. The van der Waals surface area contributed by atoms with E-state index in [0.717, 1.165) is 47.8 Å². The summed E-state index contributed by atoms with van der Waals surface area (Å²) in [6.45, 7) is 5.77. The highest BCUT2D eigenvalue weighted by Crippen LogP contribution is 2.63. The zero-order chi connectivity index (χ0) is 22.3. The molecule has 7 heteroatoms. The molecule has 0 unspecified atom stereocenters. The van der Waals surface area contributed by atoms with Gasteiger partial charge in [0.05, 0.1) is 11.7 Å². The van der Waals surface area contributed by atoms with Gasteiger partial charge in [0, 0.05) is 36.1 Å². The minimum Gasteiger partial charge on any atom is -0.346 e. The van der Waals surface area contributed by atoms with Crippen molar-refractivity contribution >= 4 is 22.8 Å². The normalized spacial score (nSPS) is 23.3. The molecule has 2 aromatic carbocycles. The number of piperidine rings is 1. The molecule has 1 aliphatic carbocycles. The molecule has 33 heavy (non-hydrogen) atoms. The zero-order valence-electron chi connectivity index (χ0n) is 17.9. The standard InChI is InChI=1S/C26H21F2N5/c1-16-20-5-3-2-4-17(20)15-31(16)23-14-29-33-11-9-24(30-25(23)33)32-10-8-18-13-26(18,32)21-12-19(27)6-7-22(21)28/h2-7,9,11-12,14,18H,1,8,10,13,15H2/t18-,26+/m0/s1. The minimum absolute atomic E-state index is 0.309. The van der Waals surface area contributed by atoms with Crippen LogP contribution < -0.4 is 9.80 Å². The van der Waals surface area contributed by atoms with Gasteiger partial charge in [-0.3, -0.25) is 0 Å². The highest BCUT2D eigenvalue weighted by Gasteiger charge is 2.64. The molecule has 0 bridgehead atoms. The molecule has 1 saturated carbocycles. The van der Waals surface area contributed by atoms with E-state index < -0.39 is 11.4 Å². The van der Waals surface area contributed by atoms with Crippen molar-refractivity contribution in [1.29, 1.82) is 0 Å². The predicted octanol–water partition coefficient (Wildman–Crippen LogP) is 5.12. The second-order valence-corrected chi connectivity index (χ2v) is 9.16. The molecule has 0 N–H and O–H groups in total. The monoisotopic (exact) mass is 441 g/mol. The number of aromatic nitrogens is 3. The number of hydrogen-bond acceptors (Lipinski definition) is 4. The van der Waals surface area contributed by atoms with E-state index >= 15 is 0 Å². The van der Waals surface area contributed by atoms with Crippen molar-refractivity contribution in [2.75, 3.05) is 16.3 Å². The average Bonchev–Trinajstić information content (AvgIpc) is 3.10. The van der Waals surface area contributed by atoms with E-state index in [1.165, 1.54) is 23.8 Å². The van der Waals surface area contributed by atoms with Crippen LogP contribution in [0.5, 0.6) is 0 Å². The summed E-state index contributed by atoms with van der Waals surface area (Å²) in [4.78, 5) is 9.27. The molecule has 4 heterocycles. The Morgan fingerprint density at radius 2 is 1.97 bits per heavy atom. The second-order valence-electron chi connectivity index (χ2n) is 9.16. The largest absolute Gasteiger partial charge is 0.346 e. The molecule has 5 nitrogen and oxygen atoms in total. The molecule has 0 radical (unpaired) electrons. The molecule has 0 spiro atoms. The topological polar surface area (TPSA) is 36.7 Å². The molecule has 2 aromatic heterocycles. The Morgan fingerprint density at radius 3 is 2.82 bits per heavy atom.